The molecule has 1 aliphatic heterocycles. The van der Waals surface area contributed by atoms with Gasteiger partial charge in [0, 0.05) is 24.7 Å². The first-order valence-corrected chi connectivity index (χ1v) is 6.74. The van der Waals surface area contributed by atoms with Crippen LogP contribution in [0.4, 0.5) is 0 Å². The zero-order valence-electron chi connectivity index (χ0n) is 10.3. The predicted molar refractivity (Wildman–Crippen MR) is 65.1 cm³/mol. The van der Waals surface area contributed by atoms with Gasteiger partial charge in [-0.25, -0.2) is 0 Å². The minimum atomic E-state index is 0.764. The lowest BCUT2D eigenvalue weighted by Crippen LogP contribution is -2.51. The summed E-state index contributed by atoms with van der Waals surface area (Å²) in [6.45, 7) is 3.73. The fourth-order valence-electron chi connectivity index (χ4n) is 3.41. The van der Waals surface area contributed by atoms with E-state index >= 15 is 0 Å². The van der Waals surface area contributed by atoms with Gasteiger partial charge in [-0.1, -0.05) is 19.3 Å². The predicted octanol–water partition coefficient (Wildman–Crippen LogP) is 2.39. The first-order valence-electron chi connectivity index (χ1n) is 6.74. The Balaban J connectivity index is 1.87. The van der Waals surface area contributed by atoms with Crippen molar-refractivity contribution < 1.29 is 0 Å². The van der Waals surface area contributed by atoms with Gasteiger partial charge in [0.1, 0.15) is 0 Å². The molecule has 2 fully saturated rings. The molecule has 2 heteroatoms. The molecule has 2 nitrogen and oxygen atoms in total. The maximum absolute atomic E-state index is 3.43. The van der Waals surface area contributed by atoms with Crippen LogP contribution in [0.15, 0.2) is 0 Å². The third-order valence-corrected chi connectivity index (χ3v) is 4.38. The van der Waals surface area contributed by atoms with E-state index in [1.807, 2.05) is 0 Å². The molecule has 0 aromatic rings. The van der Waals surface area contributed by atoms with Gasteiger partial charge in [-0.2, -0.15) is 0 Å². The summed E-state index contributed by atoms with van der Waals surface area (Å²) in [6.07, 6.45) is 9.98. The monoisotopic (exact) mass is 210 g/mol. The Bertz CT molecular complexity index is 187. The van der Waals surface area contributed by atoms with Crippen molar-refractivity contribution in [1.29, 1.82) is 0 Å². The van der Waals surface area contributed by atoms with Crippen LogP contribution in [-0.2, 0) is 0 Å². The molecule has 0 aromatic carbocycles. The van der Waals surface area contributed by atoms with Gasteiger partial charge >= 0.3 is 0 Å². The molecule has 0 aromatic heterocycles. The summed E-state index contributed by atoms with van der Waals surface area (Å²) in [6, 6.07) is 2.46. The van der Waals surface area contributed by atoms with Gasteiger partial charge in [0.05, 0.1) is 0 Å². The van der Waals surface area contributed by atoms with Crippen molar-refractivity contribution in [2.45, 2.75) is 70.0 Å². The molecule has 0 radical (unpaired) electrons. The molecule has 0 amide bonds. The van der Waals surface area contributed by atoms with E-state index in [0.717, 1.165) is 18.1 Å². The van der Waals surface area contributed by atoms with E-state index in [4.69, 9.17) is 0 Å². The van der Waals surface area contributed by atoms with Crippen molar-refractivity contribution in [2.24, 2.45) is 0 Å². The molecular weight excluding hydrogens is 184 g/mol. The van der Waals surface area contributed by atoms with E-state index in [-0.39, 0.29) is 0 Å². The maximum atomic E-state index is 3.43. The van der Waals surface area contributed by atoms with Crippen LogP contribution in [0.1, 0.15) is 51.9 Å². The van der Waals surface area contributed by atoms with Crippen molar-refractivity contribution in [1.82, 2.24) is 10.2 Å². The van der Waals surface area contributed by atoms with Crippen LogP contribution in [0.2, 0.25) is 0 Å². The van der Waals surface area contributed by atoms with Gasteiger partial charge in [0.25, 0.3) is 0 Å². The summed E-state index contributed by atoms with van der Waals surface area (Å²) in [7, 11) is 2.10. The van der Waals surface area contributed by atoms with Crippen molar-refractivity contribution in [2.75, 3.05) is 13.6 Å². The van der Waals surface area contributed by atoms with Gasteiger partial charge in [-0.3, -0.25) is 4.90 Å². The standard InChI is InChI=1S/C13H26N2/c1-11-10-12(14-2)8-9-15(11)13-6-4-3-5-7-13/h11-14H,3-10H2,1-2H3. The highest BCUT2D eigenvalue weighted by atomic mass is 15.2. The number of hydrogen-bond acceptors (Lipinski definition) is 2. The number of nitrogens with one attached hydrogen (secondary N) is 1. The number of hydrogen-bond donors (Lipinski definition) is 1. The highest BCUT2D eigenvalue weighted by Gasteiger charge is 2.30. The van der Waals surface area contributed by atoms with Crippen LogP contribution in [-0.4, -0.2) is 36.6 Å². The van der Waals surface area contributed by atoms with Crippen molar-refractivity contribution >= 4 is 0 Å². The molecule has 2 unspecified atom stereocenters. The Morgan fingerprint density at radius 3 is 2.40 bits per heavy atom. The van der Waals surface area contributed by atoms with Crippen molar-refractivity contribution in [3.63, 3.8) is 0 Å². The van der Waals surface area contributed by atoms with Crippen molar-refractivity contribution in [3.8, 4) is 0 Å². The zero-order valence-corrected chi connectivity index (χ0v) is 10.3. The summed E-state index contributed by atoms with van der Waals surface area (Å²) in [5.41, 5.74) is 0. The molecule has 1 saturated heterocycles. The number of nitrogens with zero attached hydrogens (tertiary/aromatic N) is 1. The SMILES string of the molecule is CNC1CCN(C2CCCCC2)C(C)C1. The molecule has 2 aliphatic rings. The Labute approximate surface area is 94.4 Å². The molecule has 2 atom stereocenters. The second-order valence-electron chi connectivity index (χ2n) is 5.39. The number of likely N-dealkylation sites (tertiary alicyclic amines) is 1. The van der Waals surface area contributed by atoms with Gasteiger partial charge in [0.15, 0.2) is 0 Å². The second-order valence-corrected chi connectivity index (χ2v) is 5.39. The highest BCUT2D eigenvalue weighted by molar-refractivity contribution is 4.87. The largest absolute Gasteiger partial charge is 0.317 e. The molecular formula is C13H26N2. The van der Waals surface area contributed by atoms with Gasteiger partial charge in [-0.05, 0) is 39.7 Å². The molecule has 15 heavy (non-hydrogen) atoms. The summed E-state index contributed by atoms with van der Waals surface area (Å²) in [5, 5.41) is 3.43. The maximum Gasteiger partial charge on any atom is 0.00980 e. The molecule has 88 valence electrons. The molecule has 1 aliphatic carbocycles. The molecule has 0 spiro atoms. The number of rotatable bonds is 2. The average molecular weight is 210 g/mol. The van der Waals surface area contributed by atoms with Gasteiger partial charge in [0.2, 0.25) is 0 Å². The molecule has 1 heterocycles. The third kappa shape index (κ3) is 2.73. The summed E-state index contributed by atoms with van der Waals surface area (Å²) in [5.74, 6) is 0. The topological polar surface area (TPSA) is 15.3 Å². The van der Waals surface area contributed by atoms with Crippen LogP contribution in [0.25, 0.3) is 0 Å². The smallest absolute Gasteiger partial charge is 0.00980 e. The van der Waals surface area contributed by atoms with Gasteiger partial charge in [-0.15, -0.1) is 0 Å². The van der Waals surface area contributed by atoms with E-state index in [0.29, 0.717) is 0 Å². The fraction of sp³-hybridized carbons (Fsp3) is 1.00. The van der Waals surface area contributed by atoms with Gasteiger partial charge < -0.3 is 5.32 Å². The lowest BCUT2D eigenvalue weighted by Gasteiger charge is -2.43. The molecule has 2 rings (SSSR count). The normalized spacial score (nSPS) is 35.6. The minimum Gasteiger partial charge on any atom is -0.317 e. The lowest BCUT2D eigenvalue weighted by atomic mass is 9.89. The Hall–Kier alpha value is -0.0800. The van der Waals surface area contributed by atoms with E-state index in [2.05, 4.69) is 24.2 Å². The van der Waals surface area contributed by atoms with Crippen LogP contribution in [0, 0.1) is 0 Å². The lowest BCUT2D eigenvalue weighted by molar-refractivity contribution is 0.0692. The second kappa shape index (κ2) is 5.31. The van der Waals surface area contributed by atoms with E-state index in [1.54, 1.807) is 0 Å². The van der Waals surface area contributed by atoms with E-state index in [1.165, 1.54) is 51.5 Å². The molecule has 1 N–H and O–H groups in total. The van der Waals surface area contributed by atoms with E-state index < -0.39 is 0 Å². The van der Waals surface area contributed by atoms with Crippen LogP contribution < -0.4 is 5.32 Å². The van der Waals surface area contributed by atoms with E-state index in [9.17, 15) is 0 Å². The summed E-state index contributed by atoms with van der Waals surface area (Å²) in [4.78, 5) is 2.78. The Morgan fingerprint density at radius 2 is 1.80 bits per heavy atom. The van der Waals surface area contributed by atoms with Crippen molar-refractivity contribution in [3.05, 3.63) is 0 Å². The van der Waals surface area contributed by atoms with Crippen LogP contribution >= 0.6 is 0 Å². The minimum absolute atomic E-state index is 0.764. The molecule has 1 saturated carbocycles. The summed E-state index contributed by atoms with van der Waals surface area (Å²) < 4.78 is 0. The summed E-state index contributed by atoms with van der Waals surface area (Å²) >= 11 is 0. The molecule has 0 bridgehead atoms. The van der Waals surface area contributed by atoms with Crippen LogP contribution in [0.5, 0.6) is 0 Å². The van der Waals surface area contributed by atoms with Crippen LogP contribution in [0.3, 0.4) is 0 Å². The number of piperidine rings is 1. The first kappa shape index (κ1) is 11.4. The zero-order chi connectivity index (χ0) is 10.7. The third-order valence-electron chi connectivity index (χ3n) is 4.38. The Morgan fingerprint density at radius 1 is 1.07 bits per heavy atom. The fourth-order valence-corrected chi connectivity index (χ4v) is 3.41. The average Bonchev–Trinajstić information content (AvgIpc) is 2.30. The Kier molecular flexibility index (Phi) is 4.04. The first-order chi connectivity index (χ1) is 7.31. The highest BCUT2D eigenvalue weighted by Crippen LogP contribution is 2.28. The quantitative estimate of drug-likeness (QED) is 0.753.